The van der Waals surface area contributed by atoms with Crippen LogP contribution in [0.1, 0.15) is 53.4 Å². The van der Waals surface area contributed by atoms with E-state index in [9.17, 15) is 14.7 Å². The van der Waals surface area contributed by atoms with Crippen LogP contribution in [0, 0.1) is 17.8 Å². The maximum absolute atomic E-state index is 12.2. The number of carbonyl (C=O) groups excluding carboxylic acids is 2. The average Bonchev–Trinajstić information content (AvgIpc) is 2.97. The molecule has 25 heavy (non-hydrogen) atoms. The van der Waals surface area contributed by atoms with Crippen molar-refractivity contribution in [3.8, 4) is 0 Å². The van der Waals surface area contributed by atoms with Crippen molar-refractivity contribution in [3.05, 3.63) is 12.2 Å². The fourth-order valence-corrected chi connectivity index (χ4v) is 4.25. The molecule has 3 saturated heterocycles. The van der Waals surface area contributed by atoms with Crippen molar-refractivity contribution >= 4 is 11.9 Å². The highest BCUT2D eigenvalue weighted by Gasteiger charge is 2.56. The summed E-state index contributed by atoms with van der Waals surface area (Å²) >= 11 is 0. The third-order valence-electron chi connectivity index (χ3n) is 5.89. The van der Waals surface area contributed by atoms with Crippen molar-refractivity contribution in [1.82, 2.24) is 0 Å². The van der Waals surface area contributed by atoms with Crippen LogP contribution in [0.2, 0.25) is 0 Å². The number of hydrogen-bond acceptors (Lipinski definition) is 6. The molecule has 0 saturated carbocycles. The highest BCUT2D eigenvalue weighted by atomic mass is 16.6. The minimum atomic E-state index is -1.24. The Kier molecular flexibility index (Phi) is 4.48. The van der Waals surface area contributed by atoms with Gasteiger partial charge in [-0.25, -0.2) is 4.79 Å². The lowest BCUT2D eigenvalue weighted by Gasteiger charge is -2.33. The maximum Gasteiger partial charge on any atom is 0.334 e. The van der Waals surface area contributed by atoms with Crippen LogP contribution in [-0.2, 0) is 23.8 Å². The number of rotatable bonds is 2. The fourth-order valence-electron chi connectivity index (χ4n) is 4.25. The Hall–Kier alpha value is -1.40. The van der Waals surface area contributed by atoms with Gasteiger partial charge >= 0.3 is 11.9 Å². The van der Waals surface area contributed by atoms with Crippen molar-refractivity contribution in [1.29, 1.82) is 0 Å². The molecule has 3 fully saturated rings. The normalized spacial score (nSPS) is 43.9. The summed E-state index contributed by atoms with van der Waals surface area (Å²) in [6.07, 6.45) is 1.01. The number of esters is 2. The Morgan fingerprint density at radius 1 is 1.40 bits per heavy atom. The molecule has 0 aliphatic carbocycles. The second kappa shape index (κ2) is 6.09. The molecule has 6 atom stereocenters. The molecule has 0 amide bonds. The third-order valence-corrected chi connectivity index (χ3v) is 5.89. The monoisotopic (exact) mass is 352 g/mol. The molecule has 2 unspecified atom stereocenters. The first kappa shape index (κ1) is 18.4. The number of ether oxygens (including phenoxy) is 3. The molecule has 3 heterocycles. The quantitative estimate of drug-likeness (QED) is 0.607. The largest absolute Gasteiger partial charge is 0.461 e. The molecule has 0 aromatic heterocycles. The smallest absolute Gasteiger partial charge is 0.334 e. The summed E-state index contributed by atoms with van der Waals surface area (Å²) in [6, 6.07) is 0. The van der Waals surface area contributed by atoms with E-state index in [0.717, 1.165) is 0 Å². The molecule has 3 rings (SSSR count). The molecular weight excluding hydrogens is 324 g/mol. The van der Waals surface area contributed by atoms with E-state index in [0.29, 0.717) is 31.3 Å². The average molecular weight is 352 g/mol. The summed E-state index contributed by atoms with van der Waals surface area (Å²) < 4.78 is 17.3. The first-order valence-corrected chi connectivity index (χ1v) is 9.07. The van der Waals surface area contributed by atoms with Crippen molar-refractivity contribution in [2.24, 2.45) is 17.8 Å². The standard InChI is InChI=1S/C19H28O6/c1-10(2)16(20)24-14-9-18(5)6-7-19(22,25-18)11(3)8-13-15(14)12(4)17(21)23-13/h10-11,13-15,22H,4,6-9H2,1-3,5H3/t11-,13+,14+,15-,18?,19?/m0/s1. The highest BCUT2D eigenvalue weighted by molar-refractivity contribution is 5.91. The molecule has 3 aliphatic heterocycles. The topological polar surface area (TPSA) is 82.1 Å². The second-order valence-electron chi connectivity index (χ2n) is 8.36. The molecule has 0 spiro atoms. The maximum atomic E-state index is 12.2. The zero-order valence-corrected chi connectivity index (χ0v) is 15.4. The minimum absolute atomic E-state index is 0.208. The number of hydrogen-bond donors (Lipinski definition) is 1. The predicted molar refractivity (Wildman–Crippen MR) is 89.3 cm³/mol. The molecular formula is C19H28O6. The van der Waals surface area contributed by atoms with Crippen molar-refractivity contribution in [2.75, 3.05) is 0 Å². The Balaban J connectivity index is 1.97. The van der Waals surface area contributed by atoms with Crippen LogP contribution in [0.5, 0.6) is 0 Å². The predicted octanol–water partition coefficient (Wildman–Crippen LogP) is 2.34. The zero-order chi connectivity index (χ0) is 18.6. The summed E-state index contributed by atoms with van der Waals surface area (Å²) in [6.45, 7) is 11.3. The molecule has 0 aromatic rings. The van der Waals surface area contributed by atoms with Crippen LogP contribution >= 0.6 is 0 Å². The van der Waals surface area contributed by atoms with Crippen molar-refractivity contribution in [3.63, 3.8) is 0 Å². The van der Waals surface area contributed by atoms with E-state index in [2.05, 4.69) is 6.58 Å². The van der Waals surface area contributed by atoms with Gasteiger partial charge in [0, 0.05) is 24.3 Å². The van der Waals surface area contributed by atoms with Gasteiger partial charge in [0.25, 0.3) is 0 Å². The Labute approximate surface area is 148 Å². The lowest BCUT2D eigenvalue weighted by atomic mass is 9.78. The van der Waals surface area contributed by atoms with Crippen LogP contribution in [0.15, 0.2) is 12.2 Å². The van der Waals surface area contributed by atoms with Crippen molar-refractivity contribution < 1.29 is 28.9 Å². The number of carbonyl (C=O) groups is 2. The van der Waals surface area contributed by atoms with Gasteiger partial charge in [0.2, 0.25) is 0 Å². The summed E-state index contributed by atoms with van der Waals surface area (Å²) in [5.41, 5.74) is -0.279. The molecule has 2 bridgehead atoms. The van der Waals surface area contributed by atoms with Crippen molar-refractivity contribution in [2.45, 2.75) is 77.0 Å². The van der Waals surface area contributed by atoms with Gasteiger partial charge in [-0.2, -0.15) is 0 Å². The number of fused-ring (bicyclic) bond motifs is 3. The van der Waals surface area contributed by atoms with E-state index in [1.807, 2.05) is 13.8 Å². The van der Waals surface area contributed by atoms with E-state index in [1.54, 1.807) is 13.8 Å². The fraction of sp³-hybridized carbons (Fsp3) is 0.789. The zero-order valence-electron chi connectivity index (χ0n) is 15.4. The molecule has 140 valence electrons. The Morgan fingerprint density at radius 2 is 2.08 bits per heavy atom. The summed E-state index contributed by atoms with van der Waals surface area (Å²) in [5.74, 6) is -2.89. The van der Waals surface area contributed by atoms with Gasteiger partial charge in [0.1, 0.15) is 12.2 Å². The summed E-state index contributed by atoms with van der Waals surface area (Å²) in [5, 5.41) is 10.9. The van der Waals surface area contributed by atoms with E-state index in [4.69, 9.17) is 14.2 Å². The first-order valence-electron chi connectivity index (χ1n) is 9.07. The molecule has 6 heteroatoms. The lowest BCUT2D eigenvalue weighted by molar-refractivity contribution is -0.250. The first-order chi connectivity index (χ1) is 11.5. The van der Waals surface area contributed by atoms with Crippen LogP contribution in [0.25, 0.3) is 0 Å². The molecule has 1 N–H and O–H groups in total. The van der Waals surface area contributed by atoms with E-state index in [-0.39, 0.29) is 17.8 Å². The minimum Gasteiger partial charge on any atom is -0.461 e. The van der Waals surface area contributed by atoms with E-state index < -0.39 is 35.5 Å². The van der Waals surface area contributed by atoms with Gasteiger partial charge in [-0.05, 0) is 19.8 Å². The van der Waals surface area contributed by atoms with Gasteiger partial charge < -0.3 is 19.3 Å². The SMILES string of the molecule is C=C1C(=O)O[C@@H]2C[C@H](C)C3(O)CCC(C)(C[C@@H](OC(=O)C(C)C)[C@@H]12)O3. The molecule has 0 radical (unpaired) electrons. The van der Waals surface area contributed by atoms with Gasteiger partial charge in [0.05, 0.1) is 17.4 Å². The van der Waals surface area contributed by atoms with Crippen LogP contribution < -0.4 is 0 Å². The molecule has 0 aromatic carbocycles. The Morgan fingerprint density at radius 3 is 2.72 bits per heavy atom. The summed E-state index contributed by atoms with van der Waals surface area (Å²) in [7, 11) is 0. The van der Waals surface area contributed by atoms with E-state index in [1.165, 1.54) is 0 Å². The van der Waals surface area contributed by atoms with Crippen LogP contribution in [0.3, 0.4) is 0 Å². The van der Waals surface area contributed by atoms with Gasteiger partial charge in [-0.15, -0.1) is 0 Å². The van der Waals surface area contributed by atoms with Gasteiger partial charge in [0.15, 0.2) is 5.79 Å². The van der Waals surface area contributed by atoms with E-state index >= 15 is 0 Å². The molecule has 6 nitrogen and oxygen atoms in total. The highest BCUT2D eigenvalue weighted by Crippen LogP contribution is 2.49. The van der Waals surface area contributed by atoms with Crippen LogP contribution in [0.4, 0.5) is 0 Å². The van der Waals surface area contributed by atoms with Gasteiger partial charge in [-0.3, -0.25) is 4.79 Å². The Bertz CT molecular complexity index is 599. The summed E-state index contributed by atoms with van der Waals surface area (Å²) in [4.78, 5) is 24.3. The number of aliphatic hydroxyl groups is 1. The van der Waals surface area contributed by atoms with Gasteiger partial charge in [-0.1, -0.05) is 27.4 Å². The third kappa shape index (κ3) is 3.22. The van der Waals surface area contributed by atoms with Crippen LogP contribution in [-0.4, -0.2) is 40.6 Å². The second-order valence-corrected chi connectivity index (χ2v) is 8.36. The molecule has 3 aliphatic rings. The lowest BCUT2D eigenvalue weighted by Crippen LogP contribution is -2.40.